The van der Waals surface area contributed by atoms with E-state index in [-0.39, 0.29) is 29.3 Å². The lowest BCUT2D eigenvalue weighted by atomic mass is 9.48. The number of nitrogens with zero attached hydrogens (tertiary/aromatic N) is 6. The van der Waals surface area contributed by atoms with Crippen molar-refractivity contribution in [1.82, 2.24) is 25.3 Å². The number of carboxylic acid groups (broad SMARTS) is 1. The van der Waals surface area contributed by atoms with Crippen LogP contribution in [0.4, 0.5) is 35.1 Å². The Bertz CT molecular complexity index is 1920. The first-order valence-corrected chi connectivity index (χ1v) is 19.2. The molecule has 1 amide bonds. The van der Waals surface area contributed by atoms with E-state index in [1.807, 2.05) is 23.1 Å². The van der Waals surface area contributed by atoms with Gasteiger partial charge >= 0.3 is 12.1 Å². The summed E-state index contributed by atoms with van der Waals surface area (Å²) in [6.07, 6.45) is 7.94. The van der Waals surface area contributed by atoms with E-state index in [2.05, 4.69) is 25.3 Å². The summed E-state index contributed by atoms with van der Waals surface area (Å²) in [6.45, 7) is 1.68. The second-order valence-electron chi connectivity index (χ2n) is 16.5. The Labute approximate surface area is 309 Å². The molecule has 2 aromatic heterocycles. The van der Waals surface area contributed by atoms with Crippen LogP contribution >= 0.6 is 0 Å². The Balaban J connectivity index is 0.980. The normalized spacial score (nSPS) is 28.7. The van der Waals surface area contributed by atoms with Crippen LogP contribution in [0, 0.1) is 29.5 Å². The Morgan fingerprint density at radius 1 is 0.889 bits per heavy atom. The molecule has 4 bridgehead atoms. The van der Waals surface area contributed by atoms with Crippen LogP contribution in [0.5, 0.6) is 5.75 Å². The molecule has 286 valence electrons. The molecule has 0 radical (unpaired) electrons. The molecule has 15 heteroatoms. The maximum atomic E-state index is 14.8. The number of hydrogen-bond donors (Lipinski definition) is 2. The quantitative estimate of drug-likeness (QED) is 0.248. The second-order valence-corrected chi connectivity index (χ2v) is 16.5. The van der Waals surface area contributed by atoms with Gasteiger partial charge in [0, 0.05) is 49.8 Å². The number of piperidine rings is 1. The fourth-order valence-electron chi connectivity index (χ4n) is 11.1. The molecule has 5 aliphatic carbocycles. The second kappa shape index (κ2) is 13.0. The number of rotatable bonds is 7. The van der Waals surface area contributed by atoms with Gasteiger partial charge in [0.2, 0.25) is 11.9 Å². The van der Waals surface area contributed by atoms with E-state index in [0.29, 0.717) is 87.4 Å². The topological polar surface area (TPSA) is 134 Å². The highest BCUT2D eigenvalue weighted by Gasteiger charge is 2.62. The number of halogens is 4. The van der Waals surface area contributed by atoms with Crippen molar-refractivity contribution in [3.05, 3.63) is 59.4 Å². The maximum Gasteiger partial charge on any atom is 0.434 e. The first kappa shape index (κ1) is 35.2. The highest BCUT2D eigenvalue weighted by atomic mass is 19.4. The third kappa shape index (κ3) is 5.92. The molecule has 2 aliphatic heterocycles. The fraction of sp³-hybridized carbons (Fsp3) is 0.590. The van der Waals surface area contributed by atoms with Gasteiger partial charge in [0.1, 0.15) is 17.4 Å². The summed E-state index contributed by atoms with van der Waals surface area (Å²) in [4.78, 5) is 47.0. The number of anilines is 3. The van der Waals surface area contributed by atoms with Gasteiger partial charge in [-0.1, -0.05) is 19.3 Å². The zero-order valence-corrected chi connectivity index (χ0v) is 29.8. The Morgan fingerprint density at radius 3 is 2.17 bits per heavy atom. The summed E-state index contributed by atoms with van der Waals surface area (Å²) in [6, 6.07) is 5.70. The number of carbonyl (C=O) groups is 2. The maximum absolute atomic E-state index is 14.8. The third-order valence-corrected chi connectivity index (χ3v) is 13.4. The summed E-state index contributed by atoms with van der Waals surface area (Å²) in [5.41, 5.74) is -2.40. The summed E-state index contributed by atoms with van der Waals surface area (Å²) >= 11 is 0. The SMILES string of the molecule is O=C(NC1(C(=O)O)C2CC3CC(C2)CC1C3)c1cnc(N2CC3(CCCCC3)c3cc(OC4CCN(c5ncc(F)cn5)CC4)ccc32)nc1C(F)(F)F. The van der Waals surface area contributed by atoms with Crippen LogP contribution in [-0.4, -0.2) is 68.2 Å². The Kier molecular flexibility index (Phi) is 8.49. The standard InChI is InChI=1S/C39H43F4N7O4/c40-26-18-44-35(45-19-26)49-10-6-27(7-11-49)54-28-4-5-31-30(17-28)37(8-2-1-3-9-37)21-50(31)36-46-20-29(32(47-36)39(41,42)43)33(51)48-38(34(52)53)24-13-22-12-23(15-24)16-25(38)14-22/h4-5,17-20,22-25,27H,1-3,6-16,21H2,(H,48,51)(H,52,53). The minimum Gasteiger partial charge on any atom is -0.490 e. The van der Waals surface area contributed by atoms with Crippen LogP contribution in [0.25, 0.3) is 0 Å². The van der Waals surface area contributed by atoms with Gasteiger partial charge in [-0.15, -0.1) is 0 Å². The minimum atomic E-state index is -4.99. The van der Waals surface area contributed by atoms with Gasteiger partial charge in [0.25, 0.3) is 5.91 Å². The van der Waals surface area contributed by atoms with Crippen LogP contribution in [0.15, 0.2) is 36.8 Å². The van der Waals surface area contributed by atoms with Crippen molar-refractivity contribution in [3.8, 4) is 5.75 Å². The molecule has 5 saturated carbocycles. The van der Waals surface area contributed by atoms with Gasteiger partial charge in [0.15, 0.2) is 11.5 Å². The molecule has 1 spiro atoms. The Morgan fingerprint density at radius 2 is 1.54 bits per heavy atom. The number of aromatic nitrogens is 4. The van der Waals surface area contributed by atoms with Crippen LogP contribution < -0.4 is 19.9 Å². The van der Waals surface area contributed by atoms with Crippen molar-refractivity contribution >= 4 is 29.5 Å². The van der Waals surface area contributed by atoms with Crippen molar-refractivity contribution in [2.75, 3.05) is 29.4 Å². The zero-order chi connectivity index (χ0) is 37.4. The van der Waals surface area contributed by atoms with E-state index in [0.717, 1.165) is 62.7 Å². The molecular formula is C39H43F4N7O4. The number of carbonyl (C=O) groups excluding carboxylic acids is 1. The molecule has 4 heterocycles. The van der Waals surface area contributed by atoms with E-state index >= 15 is 0 Å². The first-order valence-electron chi connectivity index (χ1n) is 19.2. The summed E-state index contributed by atoms with van der Waals surface area (Å²) < 4.78 is 64.2. The lowest BCUT2D eigenvalue weighted by Crippen LogP contribution is -2.70. The highest BCUT2D eigenvalue weighted by molar-refractivity contribution is 5.99. The van der Waals surface area contributed by atoms with E-state index < -0.39 is 40.7 Å². The minimum absolute atomic E-state index is 0.0740. The number of amides is 1. The van der Waals surface area contributed by atoms with Crippen molar-refractivity contribution in [1.29, 1.82) is 0 Å². The van der Waals surface area contributed by atoms with Crippen LogP contribution in [0.1, 0.15) is 98.7 Å². The predicted molar refractivity (Wildman–Crippen MR) is 188 cm³/mol. The van der Waals surface area contributed by atoms with Crippen LogP contribution in [0.2, 0.25) is 0 Å². The number of fused-ring (bicyclic) bond motifs is 2. The summed E-state index contributed by atoms with van der Waals surface area (Å²) in [7, 11) is 0. The Hall–Kier alpha value is -4.56. The first-order chi connectivity index (χ1) is 25.9. The monoisotopic (exact) mass is 749 g/mol. The molecule has 3 aromatic rings. The van der Waals surface area contributed by atoms with Gasteiger partial charge in [-0.05, 0) is 92.4 Å². The fourth-order valence-corrected chi connectivity index (χ4v) is 11.1. The third-order valence-electron chi connectivity index (χ3n) is 13.4. The largest absolute Gasteiger partial charge is 0.490 e. The number of benzene rings is 1. The summed E-state index contributed by atoms with van der Waals surface area (Å²) in [5.74, 6) is -1.64. The van der Waals surface area contributed by atoms with Crippen molar-refractivity contribution in [2.45, 2.75) is 100 Å². The molecule has 7 aliphatic rings. The average molecular weight is 750 g/mol. The molecule has 1 saturated heterocycles. The number of aliphatic carboxylic acids is 1. The van der Waals surface area contributed by atoms with E-state index in [4.69, 9.17) is 4.74 Å². The van der Waals surface area contributed by atoms with Gasteiger partial charge in [0.05, 0.1) is 18.0 Å². The van der Waals surface area contributed by atoms with Crippen LogP contribution in [0.3, 0.4) is 0 Å². The lowest BCUT2D eigenvalue weighted by Gasteiger charge is -2.59. The molecule has 2 N–H and O–H groups in total. The van der Waals surface area contributed by atoms with E-state index in [9.17, 15) is 32.3 Å². The summed E-state index contributed by atoms with van der Waals surface area (Å²) in [5, 5.41) is 13.1. The molecule has 54 heavy (non-hydrogen) atoms. The van der Waals surface area contributed by atoms with Crippen LogP contribution in [-0.2, 0) is 16.4 Å². The van der Waals surface area contributed by atoms with E-state index in [1.165, 1.54) is 0 Å². The van der Waals surface area contributed by atoms with Gasteiger partial charge in [-0.25, -0.2) is 29.1 Å². The molecule has 0 atom stereocenters. The molecule has 1 aromatic carbocycles. The van der Waals surface area contributed by atoms with Gasteiger partial charge in [-0.3, -0.25) is 4.79 Å². The van der Waals surface area contributed by atoms with Crippen molar-refractivity contribution in [3.63, 3.8) is 0 Å². The number of carboxylic acids is 1. The molecular weight excluding hydrogens is 706 g/mol. The molecule has 6 fully saturated rings. The smallest absolute Gasteiger partial charge is 0.434 e. The average Bonchev–Trinajstić information content (AvgIpc) is 3.45. The highest BCUT2D eigenvalue weighted by Crippen LogP contribution is 2.59. The number of hydrogen-bond acceptors (Lipinski definition) is 9. The lowest BCUT2D eigenvalue weighted by molar-refractivity contribution is -0.163. The van der Waals surface area contributed by atoms with E-state index in [1.54, 1.807) is 4.90 Å². The molecule has 10 rings (SSSR count). The number of alkyl halides is 3. The zero-order valence-electron chi connectivity index (χ0n) is 29.8. The molecule has 11 nitrogen and oxygen atoms in total. The van der Waals surface area contributed by atoms with Crippen molar-refractivity contribution in [2.24, 2.45) is 23.7 Å². The van der Waals surface area contributed by atoms with Gasteiger partial charge in [-0.2, -0.15) is 13.2 Å². The number of nitrogens with one attached hydrogen (secondary N) is 1. The molecule has 0 unspecified atom stereocenters. The predicted octanol–water partition coefficient (Wildman–Crippen LogP) is 6.84. The van der Waals surface area contributed by atoms with Gasteiger partial charge < -0.3 is 25.0 Å². The van der Waals surface area contributed by atoms with Crippen molar-refractivity contribution < 1.29 is 37.0 Å². The number of ether oxygens (including phenoxy) is 1.